The number of carbonyl (C=O) groups is 2. The first kappa shape index (κ1) is 21.7. The zero-order chi connectivity index (χ0) is 22.7. The second-order valence-electron chi connectivity index (χ2n) is 7.41. The number of fused-ring (bicyclic) bond motifs is 1. The van der Waals surface area contributed by atoms with Gasteiger partial charge < -0.3 is 10.1 Å². The fraction of sp³-hybridized carbons (Fsp3) is 0.167. The van der Waals surface area contributed by atoms with Gasteiger partial charge in [0.2, 0.25) is 10.0 Å². The van der Waals surface area contributed by atoms with E-state index in [0.717, 1.165) is 11.1 Å². The topological polar surface area (TPSA) is 92.8 Å². The monoisotopic (exact) mass is 450 g/mol. The summed E-state index contributed by atoms with van der Waals surface area (Å²) in [5.74, 6) is -0.799. The Hall–Kier alpha value is -3.49. The molecule has 0 fully saturated rings. The first-order valence-corrected chi connectivity index (χ1v) is 11.5. The van der Waals surface area contributed by atoms with E-state index in [1.54, 1.807) is 48.5 Å². The van der Waals surface area contributed by atoms with E-state index in [1.807, 2.05) is 12.1 Å². The van der Waals surface area contributed by atoms with Crippen LogP contribution in [0, 0.1) is 0 Å². The Morgan fingerprint density at radius 1 is 0.906 bits per heavy atom. The number of ether oxygens (including phenoxy) is 1. The summed E-state index contributed by atoms with van der Waals surface area (Å²) in [7, 11) is -2.29. The van der Waals surface area contributed by atoms with E-state index in [-0.39, 0.29) is 17.3 Å². The number of amides is 1. The highest BCUT2D eigenvalue weighted by Crippen LogP contribution is 2.27. The summed E-state index contributed by atoms with van der Waals surface area (Å²) >= 11 is 0. The molecule has 0 saturated carbocycles. The summed E-state index contributed by atoms with van der Waals surface area (Å²) in [5.41, 5.74) is 3.24. The molecule has 0 unspecified atom stereocenters. The van der Waals surface area contributed by atoms with Gasteiger partial charge in [0.05, 0.1) is 17.6 Å². The minimum Gasteiger partial charge on any atom is -0.465 e. The van der Waals surface area contributed by atoms with Crippen LogP contribution in [0.15, 0.2) is 77.7 Å². The maximum atomic E-state index is 13.0. The minimum absolute atomic E-state index is 0.240. The van der Waals surface area contributed by atoms with E-state index in [0.29, 0.717) is 29.8 Å². The lowest BCUT2D eigenvalue weighted by Crippen LogP contribution is -2.36. The van der Waals surface area contributed by atoms with Crippen LogP contribution in [0.5, 0.6) is 0 Å². The molecule has 1 N–H and O–H groups in total. The molecule has 164 valence electrons. The van der Waals surface area contributed by atoms with E-state index < -0.39 is 16.0 Å². The molecule has 1 aliphatic heterocycles. The Bertz CT molecular complexity index is 1260. The Balaban J connectivity index is 1.50. The normalized spacial score (nSPS) is 13.8. The van der Waals surface area contributed by atoms with Gasteiger partial charge in [0.1, 0.15) is 0 Å². The van der Waals surface area contributed by atoms with Crippen molar-refractivity contribution < 1.29 is 22.7 Å². The number of nitrogens with one attached hydrogen (secondary N) is 1. The molecule has 0 atom stereocenters. The van der Waals surface area contributed by atoms with Crippen molar-refractivity contribution >= 4 is 27.6 Å². The number of hydrogen-bond acceptors (Lipinski definition) is 5. The van der Waals surface area contributed by atoms with Crippen LogP contribution in [-0.2, 0) is 27.7 Å². The summed E-state index contributed by atoms with van der Waals surface area (Å²) < 4.78 is 32.1. The molecule has 8 heteroatoms. The number of nitrogens with zero attached hydrogens (tertiary/aromatic N) is 1. The number of hydrogen-bond donors (Lipinski definition) is 1. The lowest BCUT2D eigenvalue weighted by Gasteiger charge is -2.28. The van der Waals surface area contributed by atoms with Gasteiger partial charge in [0.25, 0.3) is 5.91 Å². The van der Waals surface area contributed by atoms with Crippen molar-refractivity contribution in [3.8, 4) is 0 Å². The van der Waals surface area contributed by atoms with Crippen LogP contribution >= 0.6 is 0 Å². The molecular formula is C24H22N2O5S. The second kappa shape index (κ2) is 8.94. The van der Waals surface area contributed by atoms with Crippen molar-refractivity contribution in [1.82, 2.24) is 4.31 Å². The Labute approximate surface area is 186 Å². The van der Waals surface area contributed by atoms with Gasteiger partial charge in [-0.1, -0.05) is 24.3 Å². The van der Waals surface area contributed by atoms with E-state index in [1.165, 1.54) is 23.5 Å². The average molecular weight is 451 g/mol. The minimum atomic E-state index is -3.59. The number of carbonyl (C=O) groups excluding carboxylic acids is 2. The van der Waals surface area contributed by atoms with Crippen LogP contribution in [0.3, 0.4) is 0 Å². The largest absolute Gasteiger partial charge is 0.465 e. The van der Waals surface area contributed by atoms with Crippen molar-refractivity contribution in [3.63, 3.8) is 0 Å². The van der Waals surface area contributed by atoms with Gasteiger partial charge in [-0.25, -0.2) is 13.2 Å². The molecule has 3 aromatic rings. The Morgan fingerprint density at radius 3 is 2.28 bits per heavy atom. The Morgan fingerprint density at radius 2 is 1.59 bits per heavy atom. The first-order chi connectivity index (χ1) is 15.4. The first-order valence-electron chi connectivity index (χ1n) is 10.1. The molecule has 1 amide bonds. The van der Waals surface area contributed by atoms with Gasteiger partial charge in [-0.2, -0.15) is 4.31 Å². The molecule has 0 aromatic heterocycles. The highest BCUT2D eigenvalue weighted by atomic mass is 32.2. The molecule has 0 bridgehead atoms. The van der Waals surface area contributed by atoms with Crippen LogP contribution < -0.4 is 5.32 Å². The maximum absolute atomic E-state index is 13.0. The number of anilines is 1. The predicted molar refractivity (Wildman–Crippen MR) is 120 cm³/mol. The van der Waals surface area contributed by atoms with Crippen LogP contribution in [0.1, 0.15) is 31.8 Å². The van der Waals surface area contributed by atoms with E-state index >= 15 is 0 Å². The SMILES string of the molecule is COC(=O)c1ccc(C(=O)Nc2ccc3c(c2)CN(S(=O)(=O)c2ccccc2)CC3)cc1. The van der Waals surface area contributed by atoms with Crippen molar-refractivity contribution in [2.24, 2.45) is 0 Å². The number of benzene rings is 3. The molecule has 3 aromatic carbocycles. The molecule has 32 heavy (non-hydrogen) atoms. The van der Waals surface area contributed by atoms with Crippen molar-refractivity contribution in [2.45, 2.75) is 17.9 Å². The molecular weight excluding hydrogens is 428 g/mol. The lowest BCUT2D eigenvalue weighted by molar-refractivity contribution is 0.0600. The van der Waals surface area contributed by atoms with Crippen LogP contribution in [0.4, 0.5) is 5.69 Å². The molecule has 0 spiro atoms. The second-order valence-corrected chi connectivity index (χ2v) is 9.35. The molecule has 1 aliphatic rings. The van der Waals surface area contributed by atoms with E-state index in [2.05, 4.69) is 10.1 Å². The third kappa shape index (κ3) is 4.42. The van der Waals surface area contributed by atoms with Gasteiger partial charge in [-0.3, -0.25) is 4.79 Å². The van der Waals surface area contributed by atoms with Crippen LogP contribution in [0.2, 0.25) is 0 Å². The summed E-state index contributed by atoms with van der Waals surface area (Å²) in [6.45, 7) is 0.645. The van der Waals surface area contributed by atoms with E-state index in [4.69, 9.17) is 0 Å². The molecule has 4 rings (SSSR count). The number of methoxy groups -OCH3 is 1. The van der Waals surface area contributed by atoms with E-state index in [9.17, 15) is 18.0 Å². The summed E-state index contributed by atoms with van der Waals surface area (Å²) in [6, 6.07) is 20.1. The highest BCUT2D eigenvalue weighted by Gasteiger charge is 2.28. The fourth-order valence-electron chi connectivity index (χ4n) is 3.63. The molecule has 0 saturated heterocycles. The lowest BCUT2D eigenvalue weighted by atomic mass is 10.0. The zero-order valence-corrected chi connectivity index (χ0v) is 18.3. The maximum Gasteiger partial charge on any atom is 0.337 e. The van der Waals surface area contributed by atoms with Crippen molar-refractivity contribution in [1.29, 1.82) is 0 Å². The summed E-state index contributed by atoms with van der Waals surface area (Å²) in [6.07, 6.45) is 0.602. The average Bonchev–Trinajstić information content (AvgIpc) is 2.83. The van der Waals surface area contributed by atoms with Crippen molar-refractivity contribution in [3.05, 3.63) is 95.1 Å². The predicted octanol–water partition coefficient (Wildman–Crippen LogP) is 3.47. The number of rotatable bonds is 5. The molecule has 0 aliphatic carbocycles. The molecule has 1 heterocycles. The quantitative estimate of drug-likeness (QED) is 0.601. The number of sulfonamides is 1. The Kier molecular flexibility index (Phi) is 6.07. The molecule has 0 radical (unpaired) electrons. The molecule has 7 nitrogen and oxygen atoms in total. The zero-order valence-electron chi connectivity index (χ0n) is 17.4. The van der Waals surface area contributed by atoms with Crippen LogP contribution in [0.25, 0.3) is 0 Å². The van der Waals surface area contributed by atoms with Gasteiger partial charge >= 0.3 is 5.97 Å². The standard InChI is InChI=1S/C24H22N2O5S/c1-31-24(28)19-9-7-18(8-10-19)23(27)25-21-12-11-17-13-14-26(16-20(17)15-21)32(29,30)22-5-3-2-4-6-22/h2-12,15H,13-14,16H2,1H3,(H,25,27). The third-order valence-corrected chi connectivity index (χ3v) is 7.25. The van der Waals surface area contributed by atoms with Crippen LogP contribution in [-0.4, -0.2) is 38.3 Å². The van der Waals surface area contributed by atoms with Gasteiger partial charge in [0, 0.05) is 24.3 Å². The van der Waals surface area contributed by atoms with Gasteiger partial charge in [-0.15, -0.1) is 0 Å². The third-order valence-electron chi connectivity index (χ3n) is 5.39. The number of esters is 1. The summed E-state index contributed by atoms with van der Waals surface area (Å²) in [4.78, 5) is 24.4. The summed E-state index contributed by atoms with van der Waals surface area (Å²) in [5, 5.41) is 2.83. The van der Waals surface area contributed by atoms with Crippen molar-refractivity contribution in [2.75, 3.05) is 19.0 Å². The van der Waals surface area contributed by atoms with Gasteiger partial charge in [0.15, 0.2) is 0 Å². The smallest absolute Gasteiger partial charge is 0.337 e. The highest BCUT2D eigenvalue weighted by molar-refractivity contribution is 7.89. The fourth-order valence-corrected chi connectivity index (χ4v) is 5.07. The van der Waals surface area contributed by atoms with Gasteiger partial charge in [-0.05, 0) is 66.1 Å².